The average molecular weight is 315 g/mol. The van der Waals surface area contributed by atoms with Gasteiger partial charge in [0.05, 0.1) is 19.8 Å². The fourth-order valence-electron chi connectivity index (χ4n) is 1.71. The summed E-state index contributed by atoms with van der Waals surface area (Å²) in [5.74, 6) is -0.580. The fourth-order valence-corrected chi connectivity index (χ4v) is 1.98. The van der Waals surface area contributed by atoms with Crippen LogP contribution in [0.1, 0.15) is 18.8 Å². The summed E-state index contributed by atoms with van der Waals surface area (Å²) < 4.78 is 17.0. The molecule has 98 valence electrons. The van der Waals surface area contributed by atoms with Gasteiger partial charge < -0.3 is 14.2 Å². The number of esters is 1. The zero-order valence-electron chi connectivity index (χ0n) is 10.1. The fraction of sp³-hybridized carbons (Fsp3) is 0.462. The van der Waals surface area contributed by atoms with Crippen LogP contribution >= 0.6 is 15.9 Å². The van der Waals surface area contributed by atoms with Crippen LogP contribution in [0.5, 0.6) is 0 Å². The predicted octanol–water partition coefficient (Wildman–Crippen LogP) is 2.67. The Morgan fingerprint density at radius 2 is 1.94 bits per heavy atom. The Hall–Kier alpha value is -0.910. The Bertz CT molecular complexity index is 396. The van der Waals surface area contributed by atoms with Crippen molar-refractivity contribution in [2.45, 2.75) is 13.2 Å². The second-order valence-corrected chi connectivity index (χ2v) is 4.91. The van der Waals surface area contributed by atoms with Crippen LogP contribution in [0.25, 0.3) is 0 Å². The lowest BCUT2D eigenvalue weighted by Crippen LogP contribution is -2.33. The first kappa shape index (κ1) is 13.5. The van der Waals surface area contributed by atoms with E-state index in [1.807, 2.05) is 24.3 Å². The summed E-state index contributed by atoms with van der Waals surface area (Å²) in [5, 5.41) is 0. The maximum Gasteiger partial charge on any atom is 0.313 e. The van der Waals surface area contributed by atoms with E-state index in [4.69, 9.17) is 14.2 Å². The molecule has 0 N–H and O–H groups in total. The molecule has 0 unspecified atom stereocenters. The minimum Gasteiger partial charge on any atom is -0.466 e. The van der Waals surface area contributed by atoms with E-state index in [2.05, 4.69) is 15.9 Å². The predicted molar refractivity (Wildman–Crippen MR) is 68.9 cm³/mol. The van der Waals surface area contributed by atoms with Gasteiger partial charge in [0.1, 0.15) is 5.92 Å². The summed E-state index contributed by atoms with van der Waals surface area (Å²) in [7, 11) is 0. The molecule has 1 aromatic rings. The molecular weight excluding hydrogens is 300 g/mol. The van der Waals surface area contributed by atoms with Gasteiger partial charge in [0, 0.05) is 10.0 Å². The van der Waals surface area contributed by atoms with E-state index >= 15 is 0 Å². The third kappa shape index (κ3) is 3.31. The second-order valence-electron chi connectivity index (χ2n) is 4.00. The lowest BCUT2D eigenvalue weighted by molar-refractivity contribution is -0.213. The van der Waals surface area contributed by atoms with Gasteiger partial charge in [-0.3, -0.25) is 4.79 Å². The highest BCUT2D eigenvalue weighted by Crippen LogP contribution is 2.26. The molecule has 0 bridgehead atoms. The van der Waals surface area contributed by atoms with Gasteiger partial charge in [-0.2, -0.15) is 0 Å². The zero-order valence-corrected chi connectivity index (χ0v) is 11.7. The van der Waals surface area contributed by atoms with Gasteiger partial charge in [-0.05, 0) is 19.1 Å². The molecule has 1 aromatic carbocycles. The highest BCUT2D eigenvalue weighted by atomic mass is 79.9. The molecule has 1 heterocycles. The smallest absolute Gasteiger partial charge is 0.313 e. The van der Waals surface area contributed by atoms with Crippen LogP contribution in [0.4, 0.5) is 0 Å². The highest BCUT2D eigenvalue weighted by molar-refractivity contribution is 9.10. The monoisotopic (exact) mass is 314 g/mol. The first-order valence-corrected chi connectivity index (χ1v) is 6.65. The lowest BCUT2D eigenvalue weighted by atomic mass is 10.1. The molecule has 0 aromatic heterocycles. The summed E-state index contributed by atoms with van der Waals surface area (Å²) in [6.07, 6.45) is -0.399. The molecule has 5 heteroatoms. The van der Waals surface area contributed by atoms with Crippen molar-refractivity contribution in [3.8, 4) is 0 Å². The SMILES string of the molecule is CCOC(=O)C1COC(c2ccc(Br)cc2)OC1. The third-order valence-electron chi connectivity index (χ3n) is 2.66. The van der Waals surface area contributed by atoms with Gasteiger partial charge in [0.25, 0.3) is 0 Å². The van der Waals surface area contributed by atoms with E-state index in [1.54, 1.807) is 6.92 Å². The van der Waals surface area contributed by atoms with Crippen LogP contribution in [-0.2, 0) is 19.0 Å². The molecule has 1 fully saturated rings. The Morgan fingerprint density at radius 1 is 1.33 bits per heavy atom. The zero-order chi connectivity index (χ0) is 13.0. The van der Waals surface area contributed by atoms with Crippen molar-refractivity contribution in [2.75, 3.05) is 19.8 Å². The molecule has 4 nitrogen and oxygen atoms in total. The molecular formula is C13H15BrO4. The topological polar surface area (TPSA) is 44.8 Å². The van der Waals surface area contributed by atoms with Crippen molar-refractivity contribution in [2.24, 2.45) is 5.92 Å². The summed E-state index contributed by atoms with van der Waals surface area (Å²) >= 11 is 3.37. The summed E-state index contributed by atoms with van der Waals surface area (Å²) in [6, 6.07) is 7.72. The molecule has 0 aliphatic carbocycles. The highest BCUT2D eigenvalue weighted by Gasteiger charge is 2.29. The molecule has 0 spiro atoms. The van der Waals surface area contributed by atoms with Crippen molar-refractivity contribution < 1.29 is 19.0 Å². The largest absolute Gasteiger partial charge is 0.466 e. The van der Waals surface area contributed by atoms with Crippen molar-refractivity contribution >= 4 is 21.9 Å². The van der Waals surface area contributed by atoms with E-state index in [-0.39, 0.29) is 11.9 Å². The number of carbonyl (C=O) groups excluding carboxylic acids is 1. The van der Waals surface area contributed by atoms with Crippen LogP contribution in [-0.4, -0.2) is 25.8 Å². The van der Waals surface area contributed by atoms with E-state index < -0.39 is 6.29 Å². The number of halogens is 1. The number of carbonyl (C=O) groups is 1. The first-order chi connectivity index (χ1) is 8.70. The van der Waals surface area contributed by atoms with Crippen LogP contribution in [0.3, 0.4) is 0 Å². The normalized spacial score (nSPS) is 23.7. The van der Waals surface area contributed by atoms with Crippen LogP contribution in [0.2, 0.25) is 0 Å². The standard InChI is InChI=1S/C13H15BrO4/c1-2-16-12(15)10-7-17-13(18-8-10)9-3-5-11(14)6-4-9/h3-6,10,13H,2,7-8H2,1H3. The van der Waals surface area contributed by atoms with Gasteiger partial charge in [-0.25, -0.2) is 0 Å². The van der Waals surface area contributed by atoms with Gasteiger partial charge in [0.2, 0.25) is 0 Å². The van der Waals surface area contributed by atoms with Crippen molar-refractivity contribution in [3.63, 3.8) is 0 Å². The van der Waals surface area contributed by atoms with E-state index in [9.17, 15) is 4.79 Å². The van der Waals surface area contributed by atoms with Crippen molar-refractivity contribution in [3.05, 3.63) is 34.3 Å². The molecule has 2 rings (SSSR count). The minimum atomic E-state index is -0.399. The summed E-state index contributed by atoms with van der Waals surface area (Å²) in [6.45, 7) is 2.83. The number of ether oxygens (including phenoxy) is 3. The van der Waals surface area contributed by atoms with E-state index in [0.29, 0.717) is 19.8 Å². The quantitative estimate of drug-likeness (QED) is 0.805. The number of hydrogen-bond donors (Lipinski definition) is 0. The summed E-state index contributed by atoms with van der Waals surface area (Å²) in [4.78, 5) is 11.5. The number of rotatable bonds is 3. The summed E-state index contributed by atoms with van der Waals surface area (Å²) in [5.41, 5.74) is 0.945. The number of benzene rings is 1. The molecule has 0 amide bonds. The third-order valence-corrected chi connectivity index (χ3v) is 3.19. The maximum absolute atomic E-state index is 11.5. The Balaban J connectivity index is 1.90. The van der Waals surface area contributed by atoms with Crippen LogP contribution in [0.15, 0.2) is 28.7 Å². The Kier molecular flexibility index (Phi) is 4.74. The molecule has 0 saturated carbocycles. The molecule has 1 aliphatic rings. The molecule has 0 radical (unpaired) electrons. The molecule has 1 aliphatic heterocycles. The molecule has 1 saturated heterocycles. The molecule has 0 atom stereocenters. The van der Waals surface area contributed by atoms with Gasteiger partial charge >= 0.3 is 5.97 Å². The van der Waals surface area contributed by atoms with Gasteiger partial charge in [0.15, 0.2) is 6.29 Å². The lowest BCUT2D eigenvalue weighted by Gasteiger charge is -2.28. The minimum absolute atomic E-state index is 0.258. The van der Waals surface area contributed by atoms with Gasteiger partial charge in [-0.1, -0.05) is 28.1 Å². The van der Waals surface area contributed by atoms with Crippen LogP contribution < -0.4 is 0 Å². The molecule has 18 heavy (non-hydrogen) atoms. The maximum atomic E-state index is 11.5. The average Bonchev–Trinajstić information content (AvgIpc) is 2.40. The Morgan fingerprint density at radius 3 is 2.50 bits per heavy atom. The Labute approximate surface area is 114 Å². The van der Waals surface area contributed by atoms with Crippen LogP contribution in [0, 0.1) is 5.92 Å². The first-order valence-electron chi connectivity index (χ1n) is 5.86. The second kappa shape index (κ2) is 6.31. The van der Waals surface area contributed by atoms with E-state index in [1.165, 1.54) is 0 Å². The van der Waals surface area contributed by atoms with Crippen molar-refractivity contribution in [1.29, 1.82) is 0 Å². The van der Waals surface area contributed by atoms with E-state index in [0.717, 1.165) is 10.0 Å². The van der Waals surface area contributed by atoms with Crippen molar-refractivity contribution in [1.82, 2.24) is 0 Å². The number of hydrogen-bond acceptors (Lipinski definition) is 4. The van der Waals surface area contributed by atoms with Gasteiger partial charge in [-0.15, -0.1) is 0 Å².